The van der Waals surface area contributed by atoms with Crippen LogP contribution in [-0.2, 0) is 4.79 Å². The van der Waals surface area contributed by atoms with Crippen molar-refractivity contribution in [2.75, 3.05) is 19.7 Å². The highest BCUT2D eigenvalue weighted by molar-refractivity contribution is 7.13. The number of aliphatic hydroxyl groups is 1. The Morgan fingerprint density at radius 2 is 2.11 bits per heavy atom. The van der Waals surface area contributed by atoms with Crippen LogP contribution in [0.5, 0.6) is 0 Å². The lowest BCUT2D eigenvalue weighted by Gasteiger charge is -2.11. The van der Waals surface area contributed by atoms with Crippen molar-refractivity contribution < 1.29 is 14.7 Å². The molecule has 0 spiro atoms. The summed E-state index contributed by atoms with van der Waals surface area (Å²) in [6.07, 6.45) is 0.654. The molecule has 0 fully saturated rings. The molecule has 0 aliphatic heterocycles. The minimum atomic E-state index is -0.225. The van der Waals surface area contributed by atoms with Crippen molar-refractivity contribution in [3.8, 4) is 0 Å². The zero-order valence-corrected chi connectivity index (χ0v) is 12.0. The summed E-state index contributed by atoms with van der Waals surface area (Å²) >= 11 is 1.40. The van der Waals surface area contributed by atoms with E-state index in [1.165, 1.54) is 11.3 Å². The number of rotatable bonds is 7. The van der Waals surface area contributed by atoms with Crippen LogP contribution in [0.4, 0.5) is 0 Å². The molecular formula is C13H20N2O3S. The second-order valence-corrected chi connectivity index (χ2v) is 5.80. The summed E-state index contributed by atoms with van der Waals surface area (Å²) < 4.78 is 0. The molecule has 1 aromatic rings. The Morgan fingerprint density at radius 1 is 1.37 bits per heavy atom. The molecule has 1 atom stereocenters. The summed E-state index contributed by atoms with van der Waals surface area (Å²) in [6.45, 7) is 4.47. The van der Waals surface area contributed by atoms with Gasteiger partial charge < -0.3 is 15.7 Å². The van der Waals surface area contributed by atoms with E-state index in [0.717, 1.165) is 4.88 Å². The fourth-order valence-corrected chi connectivity index (χ4v) is 2.26. The van der Waals surface area contributed by atoms with Gasteiger partial charge in [-0.2, -0.15) is 0 Å². The van der Waals surface area contributed by atoms with Crippen LogP contribution in [0, 0.1) is 12.8 Å². The molecule has 0 radical (unpaired) electrons. The van der Waals surface area contributed by atoms with Crippen LogP contribution in [0.3, 0.4) is 0 Å². The van der Waals surface area contributed by atoms with E-state index >= 15 is 0 Å². The highest BCUT2D eigenvalue weighted by Gasteiger charge is 2.10. The van der Waals surface area contributed by atoms with Crippen LogP contribution >= 0.6 is 11.3 Å². The number of hydrogen-bond acceptors (Lipinski definition) is 4. The maximum atomic E-state index is 11.7. The monoisotopic (exact) mass is 284 g/mol. The van der Waals surface area contributed by atoms with Crippen LogP contribution in [0.1, 0.15) is 27.9 Å². The van der Waals surface area contributed by atoms with Gasteiger partial charge in [0.25, 0.3) is 5.91 Å². The summed E-state index contributed by atoms with van der Waals surface area (Å²) in [5.74, 6) is -0.215. The van der Waals surface area contributed by atoms with Gasteiger partial charge in [-0.1, -0.05) is 6.92 Å². The molecule has 6 heteroatoms. The number of carbonyl (C=O) groups excluding carboxylic acids is 2. The quantitative estimate of drug-likeness (QED) is 0.696. The Bertz CT molecular complexity index is 431. The zero-order valence-electron chi connectivity index (χ0n) is 11.2. The minimum absolute atomic E-state index is 0.0262. The molecule has 19 heavy (non-hydrogen) atoms. The predicted octanol–water partition coefficient (Wildman–Crippen LogP) is 0.921. The van der Waals surface area contributed by atoms with Crippen molar-refractivity contribution in [3.05, 3.63) is 21.9 Å². The predicted molar refractivity (Wildman–Crippen MR) is 75.3 cm³/mol. The lowest BCUT2D eigenvalue weighted by Crippen LogP contribution is -2.38. The SMILES string of the molecule is Cc1ccc(C(=O)NCC(=O)NCC(C)CCO)s1. The molecule has 0 aromatic carbocycles. The number of aliphatic hydroxyl groups excluding tert-OH is 1. The molecule has 3 N–H and O–H groups in total. The second kappa shape index (κ2) is 7.91. The van der Waals surface area contributed by atoms with Crippen molar-refractivity contribution in [1.82, 2.24) is 10.6 Å². The Hall–Kier alpha value is -1.40. The second-order valence-electron chi connectivity index (χ2n) is 4.51. The van der Waals surface area contributed by atoms with Gasteiger partial charge in [0.15, 0.2) is 0 Å². The van der Waals surface area contributed by atoms with Crippen molar-refractivity contribution in [2.24, 2.45) is 5.92 Å². The van der Waals surface area contributed by atoms with Gasteiger partial charge in [0.1, 0.15) is 0 Å². The van der Waals surface area contributed by atoms with Gasteiger partial charge in [-0.15, -0.1) is 11.3 Å². The Morgan fingerprint density at radius 3 is 2.68 bits per heavy atom. The van der Waals surface area contributed by atoms with Crippen LogP contribution in [0.25, 0.3) is 0 Å². The largest absolute Gasteiger partial charge is 0.396 e. The fraction of sp³-hybridized carbons (Fsp3) is 0.538. The normalized spacial score (nSPS) is 11.9. The molecule has 5 nitrogen and oxygen atoms in total. The lowest BCUT2D eigenvalue weighted by atomic mass is 10.1. The van der Waals surface area contributed by atoms with Gasteiger partial charge in [-0.05, 0) is 31.4 Å². The van der Waals surface area contributed by atoms with Crippen LogP contribution in [0.2, 0.25) is 0 Å². The van der Waals surface area contributed by atoms with E-state index in [4.69, 9.17) is 5.11 Å². The molecular weight excluding hydrogens is 264 g/mol. The molecule has 0 aliphatic carbocycles. The standard InChI is InChI=1S/C13H20N2O3S/c1-9(5-6-16)7-14-12(17)8-15-13(18)11-4-3-10(2)19-11/h3-4,9,16H,5-8H2,1-2H3,(H,14,17)(H,15,18). The first kappa shape index (κ1) is 15.7. The van der Waals surface area contributed by atoms with E-state index in [1.807, 2.05) is 19.9 Å². The van der Waals surface area contributed by atoms with Crippen LogP contribution in [-0.4, -0.2) is 36.6 Å². The Balaban J connectivity index is 2.25. The Kier molecular flexibility index (Phi) is 6.52. The third-order valence-corrected chi connectivity index (χ3v) is 3.64. The Labute approximate surface area is 117 Å². The summed E-state index contributed by atoms with van der Waals surface area (Å²) in [6, 6.07) is 3.62. The molecule has 0 saturated carbocycles. The van der Waals surface area contributed by atoms with Gasteiger partial charge in [0, 0.05) is 18.0 Å². The fourth-order valence-electron chi connectivity index (χ4n) is 1.48. The summed E-state index contributed by atoms with van der Waals surface area (Å²) in [5.41, 5.74) is 0. The number of hydrogen-bond donors (Lipinski definition) is 3. The van der Waals surface area contributed by atoms with Gasteiger partial charge in [-0.3, -0.25) is 9.59 Å². The van der Waals surface area contributed by atoms with Crippen molar-refractivity contribution in [1.29, 1.82) is 0 Å². The number of nitrogens with one attached hydrogen (secondary N) is 2. The average molecular weight is 284 g/mol. The molecule has 2 amide bonds. The molecule has 1 unspecified atom stereocenters. The van der Waals surface area contributed by atoms with Crippen LogP contribution < -0.4 is 10.6 Å². The number of thiophene rings is 1. The highest BCUT2D eigenvalue weighted by atomic mass is 32.1. The molecule has 1 aromatic heterocycles. The van der Waals surface area contributed by atoms with Crippen LogP contribution in [0.15, 0.2) is 12.1 Å². The molecule has 0 bridgehead atoms. The number of aryl methyl sites for hydroxylation is 1. The maximum absolute atomic E-state index is 11.7. The minimum Gasteiger partial charge on any atom is -0.396 e. The third-order valence-electron chi connectivity index (χ3n) is 2.64. The molecule has 0 aliphatic rings. The van der Waals surface area contributed by atoms with E-state index in [-0.39, 0.29) is 30.9 Å². The summed E-state index contributed by atoms with van der Waals surface area (Å²) in [7, 11) is 0. The molecule has 106 valence electrons. The smallest absolute Gasteiger partial charge is 0.261 e. The van der Waals surface area contributed by atoms with Gasteiger partial charge in [-0.25, -0.2) is 0 Å². The van der Waals surface area contributed by atoms with Crippen molar-refractivity contribution >= 4 is 23.2 Å². The third kappa shape index (κ3) is 5.85. The van der Waals surface area contributed by atoms with E-state index in [9.17, 15) is 9.59 Å². The first-order valence-corrected chi connectivity index (χ1v) is 7.06. The van der Waals surface area contributed by atoms with Gasteiger partial charge >= 0.3 is 0 Å². The van der Waals surface area contributed by atoms with Crippen molar-refractivity contribution in [2.45, 2.75) is 20.3 Å². The molecule has 1 heterocycles. The summed E-state index contributed by atoms with van der Waals surface area (Å²) in [5, 5.41) is 14.0. The average Bonchev–Trinajstić information content (AvgIpc) is 2.80. The van der Waals surface area contributed by atoms with E-state index in [1.54, 1.807) is 6.07 Å². The first-order chi connectivity index (χ1) is 9.02. The van der Waals surface area contributed by atoms with Crippen molar-refractivity contribution in [3.63, 3.8) is 0 Å². The number of amides is 2. The van der Waals surface area contributed by atoms with Gasteiger partial charge in [0.2, 0.25) is 5.91 Å². The van der Waals surface area contributed by atoms with Gasteiger partial charge in [0.05, 0.1) is 11.4 Å². The summed E-state index contributed by atoms with van der Waals surface area (Å²) in [4.78, 5) is 24.9. The zero-order chi connectivity index (χ0) is 14.3. The van der Waals surface area contributed by atoms with E-state index in [2.05, 4.69) is 10.6 Å². The van der Waals surface area contributed by atoms with E-state index < -0.39 is 0 Å². The first-order valence-electron chi connectivity index (χ1n) is 6.25. The lowest BCUT2D eigenvalue weighted by molar-refractivity contribution is -0.120. The topological polar surface area (TPSA) is 78.4 Å². The molecule has 1 rings (SSSR count). The molecule has 0 saturated heterocycles. The van der Waals surface area contributed by atoms with E-state index in [0.29, 0.717) is 17.8 Å². The maximum Gasteiger partial charge on any atom is 0.261 e. The number of carbonyl (C=O) groups is 2. The highest BCUT2D eigenvalue weighted by Crippen LogP contribution is 2.14.